The van der Waals surface area contributed by atoms with Crippen molar-refractivity contribution in [1.29, 1.82) is 0 Å². The van der Waals surface area contributed by atoms with E-state index < -0.39 is 13.3 Å². The van der Waals surface area contributed by atoms with Crippen LogP contribution in [-0.2, 0) is 25.5 Å². The van der Waals surface area contributed by atoms with Crippen molar-refractivity contribution in [2.24, 2.45) is 0 Å². The molecule has 0 N–H and O–H groups in total. The fraction of sp³-hybridized carbons (Fsp3) is 0.227. The van der Waals surface area contributed by atoms with Crippen LogP contribution >= 0.6 is 0 Å². The molecule has 4 aromatic carbocycles. The van der Waals surface area contributed by atoms with Crippen molar-refractivity contribution in [1.82, 2.24) is 9.97 Å². The van der Waals surface area contributed by atoms with Crippen LogP contribution in [0.5, 0.6) is 0 Å². The predicted molar refractivity (Wildman–Crippen MR) is 206 cm³/mol. The van der Waals surface area contributed by atoms with E-state index in [0.29, 0.717) is 5.92 Å². The number of rotatable bonds is 5. The fourth-order valence-corrected chi connectivity index (χ4v) is 7.94. The first-order valence-corrected chi connectivity index (χ1v) is 24.1. The smallest absolute Gasteiger partial charge is 0 e. The monoisotopic (exact) mass is 883 g/mol. The van der Waals surface area contributed by atoms with Crippen molar-refractivity contribution in [2.75, 3.05) is 0 Å². The molecule has 0 saturated heterocycles. The normalized spacial score (nSPS) is 11.7. The van der Waals surface area contributed by atoms with Gasteiger partial charge in [-0.15, -0.1) is 18.2 Å². The molecule has 0 aliphatic rings. The molecule has 3 nitrogen and oxygen atoms in total. The van der Waals surface area contributed by atoms with Gasteiger partial charge in [0.25, 0.3) is 0 Å². The van der Waals surface area contributed by atoms with E-state index in [0.717, 1.165) is 50.0 Å². The second kappa shape index (κ2) is 15.0. The molecule has 1 radical (unpaired) electrons. The molecule has 5 heteroatoms. The zero-order valence-electron chi connectivity index (χ0n) is 29.7. The number of hydrogen-bond donors (Lipinski definition) is 0. The number of pyridine rings is 2. The van der Waals surface area contributed by atoms with Crippen LogP contribution in [0.1, 0.15) is 51.7 Å². The molecule has 3 heterocycles. The molecule has 7 aromatic rings. The van der Waals surface area contributed by atoms with Crippen molar-refractivity contribution in [2.45, 2.75) is 63.2 Å². The average Bonchev–Trinajstić information content (AvgIpc) is 3.46. The molecular formula is C44H44GeIrN2O-2. The molecule has 0 amide bonds. The van der Waals surface area contributed by atoms with Gasteiger partial charge >= 0.3 is 99.8 Å². The summed E-state index contributed by atoms with van der Waals surface area (Å²) >= 11 is -1.72. The Morgan fingerprint density at radius 1 is 0.714 bits per heavy atom. The largest absolute Gasteiger partial charge is 0 e. The number of nitrogens with zero attached hydrogens (tertiary/aromatic N) is 2. The van der Waals surface area contributed by atoms with Gasteiger partial charge in [-0.2, -0.15) is 0 Å². The Morgan fingerprint density at radius 3 is 2.10 bits per heavy atom. The number of fused-ring (bicyclic) bond motifs is 3. The first-order chi connectivity index (χ1) is 22.9. The van der Waals surface area contributed by atoms with Crippen LogP contribution < -0.4 is 4.40 Å². The zero-order valence-corrected chi connectivity index (χ0v) is 34.2. The van der Waals surface area contributed by atoms with Gasteiger partial charge in [-0.25, -0.2) is 0 Å². The summed E-state index contributed by atoms with van der Waals surface area (Å²) in [6.07, 6.45) is 3.91. The summed E-state index contributed by atoms with van der Waals surface area (Å²) < 4.78 is 7.85. The predicted octanol–water partition coefficient (Wildman–Crippen LogP) is 11.6. The summed E-state index contributed by atoms with van der Waals surface area (Å²) in [4.78, 5) is 9.15. The quantitative estimate of drug-likeness (QED) is 0.128. The summed E-state index contributed by atoms with van der Waals surface area (Å²) in [6.45, 7) is 11.1. The Kier molecular flexibility index (Phi) is 11.1. The summed E-state index contributed by atoms with van der Waals surface area (Å²) in [7, 11) is 0. The van der Waals surface area contributed by atoms with Gasteiger partial charge in [0.05, 0.1) is 5.58 Å². The second-order valence-corrected chi connectivity index (χ2v) is 25.5. The second-order valence-electron chi connectivity index (χ2n) is 14.8. The van der Waals surface area contributed by atoms with Gasteiger partial charge in [-0.1, -0.05) is 93.6 Å². The number of hydrogen-bond acceptors (Lipinski definition) is 3. The number of furan rings is 1. The van der Waals surface area contributed by atoms with Crippen molar-refractivity contribution >= 4 is 39.6 Å². The van der Waals surface area contributed by atoms with Crippen LogP contribution in [0.3, 0.4) is 0 Å². The maximum atomic E-state index is 6.41. The standard InChI is InChI=1S/C30H28NO.C14H16GeN.Ir/c1-19(2)21-15-16-31-27(17-21)26-8-6-7-25-24-14-11-22(18-28(24)32-29(25)26)20-9-12-23(13-10-20)30(3,4)5;1-15(2,3)13-9-10-14(16-11-13)12-7-5-4-6-8-12;/h6-7,9-19H,1-5H3;4-7,9-11H,1-3H3;/q2*-1;. The molecule has 7 rings (SSSR count). The van der Waals surface area contributed by atoms with E-state index in [1.165, 1.54) is 21.1 Å². The molecule has 0 unspecified atom stereocenters. The number of aromatic nitrogens is 2. The van der Waals surface area contributed by atoms with Gasteiger partial charge in [0.15, 0.2) is 0 Å². The molecule has 0 atom stereocenters. The van der Waals surface area contributed by atoms with E-state index in [-0.39, 0.29) is 25.5 Å². The Labute approximate surface area is 307 Å². The third-order valence-electron chi connectivity index (χ3n) is 8.84. The summed E-state index contributed by atoms with van der Waals surface area (Å²) in [6, 6.07) is 42.4. The molecule has 0 aliphatic carbocycles. The molecule has 0 fully saturated rings. The molecule has 0 bridgehead atoms. The topological polar surface area (TPSA) is 38.9 Å². The molecule has 0 spiro atoms. The van der Waals surface area contributed by atoms with E-state index in [1.54, 1.807) is 0 Å². The van der Waals surface area contributed by atoms with Crippen LogP contribution in [0.25, 0.3) is 55.6 Å². The Bertz CT molecular complexity index is 2160. The molecule has 251 valence electrons. The van der Waals surface area contributed by atoms with E-state index in [4.69, 9.17) is 4.42 Å². The first-order valence-electron chi connectivity index (χ1n) is 16.8. The van der Waals surface area contributed by atoms with Crippen LogP contribution in [0.15, 0.2) is 120 Å². The summed E-state index contributed by atoms with van der Waals surface area (Å²) in [5.74, 6) is 7.58. The maximum Gasteiger partial charge on any atom is 0 e. The maximum absolute atomic E-state index is 6.41. The fourth-order valence-electron chi connectivity index (χ4n) is 5.77. The van der Waals surface area contributed by atoms with Crippen LogP contribution in [0, 0.1) is 12.1 Å². The minimum atomic E-state index is -1.72. The summed E-state index contributed by atoms with van der Waals surface area (Å²) in [5.41, 5.74) is 10.7. The molecule has 0 saturated carbocycles. The van der Waals surface area contributed by atoms with Gasteiger partial charge in [-0.3, -0.25) is 0 Å². The van der Waals surface area contributed by atoms with Gasteiger partial charge in [-0.05, 0) is 45.8 Å². The van der Waals surface area contributed by atoms with Crippen molar-refractivity contribution in [3.05, 3.63) is 139 Å². The van der Waals surface area contributed by atoms with Crippen LogP contribution in [0.2, 0.25) is 17.3 Å². The van der Waals surface area contributed by atoms with E-state index >= 15 is 0 Å². The Balaban J connectivity index is 0.000000233. The molecule has 3 aromatic heterocycles. The first kappa shape index (κ1) is 36.5. The van der Waals surface area contributed by atoms with E-state index in [9.17, 15) is 0 Å². The van der Waals surface area contributed by atoms with Gasteiger partial charge in [0.1, 0.15) is 5.58 Å². The van der Waals surface area contributed by atoms with Crippen LogP contribution in [0.4, 0.5) is 0 Å². The van der Waals surface area contributed by atoms with Gasteiger partial charge in [0.2, 0.25) is 0 Å². The zero-order chi connectivity index (χ0) is 34.1. The van der Waals surface area contributed by atoms with E-state index in [2.05, 4.69) is 147 Å². The van der Waals surface area contributed by atoms with Crippen molar-refractivity contribution in [3.63, 3.8) is 0 Å². The van der Waals surface area contributed by atoms with Gasteiger partial charge in [0, 0.05) is 31.7 Å². The van der Waals surface area contributed by atoms with Crippen molar-refractivity contribution < 1.29 is 24.5 Å². The van der Waals surface area contributed by atoms with Gasteiger partial charge < -0.3 is 9.40 Å². The average molecular weight is 882 g/mol. The minimum Gasteiger partial charge on any atom is 0 e. The van der Waals surface area contributed by atoms with Crippen molar-refractivity contribution in [3.8, 4) is 33.6 Å². The Hall–Kier alpha value is -3.83. The molecular weight excluding hydrogens is 837 g/mol. The van der Waals surface area contributed by atoms with E-state index in [1.807, 2.05) is 42.7 Å². The minimum absolute atomic E-state index is 0. The summed E-state index contributed by atoms with van der Waals surface area (Å²) in [5, 5.41) is 2.21. The number of benzene rings is 4. The van der Waals surface area contributed by atoms with Crippen LogP contribution in [-0.4, -0.2) is 23.2 Å². The molecule has 0 aliphatic heterocycles. The third-order valence-corrected chi connectivity index (χ3v) is 13.1. The Morgan fingerprint density at radius 2 is 1.47 bits per heavy atom. The SMILES string of the molecule is CC(C)c1ccnc(-c2[c-]ccc3c2oc2cc(-c4ccc(C(C)(C)C)cc4)ccc23)c1.[CH3][Ge]([CH3])([CH3])[c]1ccc(-c2[c-]cccc2)nc1.[Ir]. The third kappa shape index (κ3) is 8.32. The molecule has 49 heavy (non-hydrogen) atoms.